The average molecular weight is 369 g/mol. The number of likely N-dealkylation sites (tertiary alicyclic amines) is 1. The van der Waals surface area contributed by atoms with Crippen LogP contribution in [-0.2, 0) is 0 Å². The van der Waals surface area contributed by atoms with Crippen LogP contribution in [-0.4, -0.2) is 46.4 Å². The zero-order chi connectivity index (χ0) is 18.3. The van der Waals surface area contributed by atoms with E-state index in [1.165, 1.54) is 6.42 Å². The first-order valence-corrected chi connectivity index (χ1v) is 9.91. The van der Waals surface area contributed by atoms with Crippen LogP contribution in [0.25, 0.3) is 21.3 Å². The molecule has 1 aliphatic rings. The van der Waals surface area contributed by atoms with Gasteiger partial charge in [-0.2, -0.15) is 0 Å². The molecule has 0 aliphatic carbocycles. The number of benzene rings is 1. The van der Waals surface area contributed by atoms with Gasteiger partial charge in [-0.3, -0.25) is 0 Å². The predicted octanol–water partition coefficient (Wildman–Crippen LogP) is 4.19. The number of hydrogen-bond acceptors (Lipinski definition) is 6. The highest BCUT2D eigenvalue weighted by Gasteiger charge is 2.20. The van der Waals surface area contributed by atoms with E-state index in [2.05, 4.69) is 41.3 Å². The van der Waals surface area contributed by atoms with Crippen molar-refractivity contribution in [2.45, 2.75) is 32.7 Å². The lowest BCUT2D eigenvalue weighted by Gasteiger charge is -2.31. The van der Waals surface area contributed by atoms with E-state index in [0.29, 0.717) is 6.04 Å². The van der Waals surface area contributed by atoms with Gasteiger partial charge in [0.15, 0.2) is 5.82 Å². The Labute approximate surface area is 157 Å². The summed E-state index contributed by atoms with van der Waals surface area (Å²) in [6.07, 6.45) is 2.36. The van der Waals surface area contributed by atoms with Crippen LogP contribution in [0.1, 0.15) is 24.0 Å². The summed E-state index contributed by atoms with van der Waals surface area (Å²) in [5, 5.41) is 26.0. The Morgan fingerprint density at radius 1 is 1.19 bits per heavy atom. The van der Waals surface area contributed by atoms with Gasteiger partial charge in [0, 0.05) is 28.2 Å². The molecule has 6 heteroatoms. The number of anilines is 1. The molecule has 3 heterocycles. The van der Waals surface area contributed by atoms with Gasteiger partial charge in [0.2, 0.25) is 0 Å². The molecule has 2 N–H and O–H groups in total. The summed E-state index contributed by atoms with van der Waals surface area (Å²) >= 11 is 1.62. The molecule has 0 unspecified atom stereocenters. The van der Waals surface area contributed by atoms with Gasteiger partial charge in [0.05, 0.1) is 5.69 Å². The third-order valence-corrected chi connectivity index (χ3v) is 6.23. The van der Waals surface area contributed by atoms with Gasteiger partial charge >= 0.3 is 0 Å². The Morgan fingerprint density at radius 2 is 2.04 bits per heavy atom. The van der Waals surface area contributed by atoms with Crippen LogP contribution in [0.2, 0.25) is 0 Å². The zero-order valence-electron chi connectivity index (χ0n) is 15.4. The van der Waals surface area contributed by atoms with Gasteiger partial charge in [-0.15, -0.1) is 21.5 Å². The number of nitrogens with one attached hydrogen (secondary N) is 1. The molecule has 1 saturated heterocycles. The molecule has 2 aromatic heterocycles. The fourth-order valence-electron chi connectivity index (χ4n) is 3.70. The van der Waals surface area contributed by atoms with E-state index in [0.717, 1.165) is 57.8 Å². The SMILES string of the molecule is Cc1c(N[C@@H]2CCCN(C)C2)nnc(-c2ccc3sccc3c2O)c1C. The van der Waals surface area contributed by atoms with E-state index in [1.54, 1.807) is 11.3 Å². The second-order valence-corrected chi connectivity index (χ2v) is 8.13. The lowest BCUT2D eigenvalue weighted by atomic mass is 10.0. The van der Waals surface area contributed by atoms with Gasteiger partial charge in [0.1, 0.15) is 5.75 Å². The first-order chi connectivity index (χ1) is 12.5. The van der Waals surface area contributed by atoms with Crippen LogP contribution >= 0.6 is 11.3 Å². The van der Waals surface area contributed by atoms with Gasteiger partial charge in [0.25, 0.3) is 0 Å². The Bertz CT molecular complexity index is 952. The standard InChI is InChI=1S/C20H24N4OS/c1-12-13(2)20(21-14-5-4-9-24(3)11-14)23-22-18(12)16-6-7-17-15(19(16)25)8-10-26-17/h6-8,10,14,25H,4-5,9,11H2,1-3H3,(H,21,23)/t14-/m1/s1. The number of phenols is 1. The summed E-state index contributed by atoms with van der Waals surface area (Å²) in [5.41, 5.74) is 3.64. The van der Waals surface area contributed by atoms with Crippen LogP contribution in [0.15, 0.2) is 23.6 Å². The number of thiophene rings is 1. The summed E-state index contributed by atoms with van der Waals surface area (Å²) in [6.45, 7) is 6.31. The summed E-state index contributed by atoms with van der Waals surface area (Å²) in [5.74, 6) is 1.14. The van der Waals surface area contributed by atoms with Crippen molar-refractivity contribution in [2.75, 3.05) is 25.5 Å². The fraction of sp³-hybridized carbons (Fsp3) is 0.400. The normalized spacial score (nSPS) is 18.3. The number of phenolic OH excluding ortho intramolecular Hbond substituents is 1. The lowest BCUT2D eigenvalue weighted by Crippen LogP contribution is -2.40. The van der Waals surface area contributed by atoms with Gasteiger partial charge in [-0.05, 0) is 75.0 Å². The Hall–Kier alpha value is -2.18. The third kappa shape index (κ3) is 3.04. The number of hydrogen-bond donors (Lipinski definition) is 2. The second-order valence-electron chi connectivity index (χ2n) is 7.19. The first kappa shape index (κ1) is 17.2. The van der Waals surface area contributed by atoms with Crippen LogP contribution in [0, 0.1) is 13.8 Å². The summed E-state index contributed by atoms with van der Waals surface area (Å²) < 4.78 is 1.08. The lowest BCUT2D eigenvalue weighted by molar-refractivity contribution is 0.260. The summed E-state index contributed by atoms with van der Waals surface area (Å²) in [7, 11) is 2.16. The van der Waals surface area contributed by atoms with Gasteiger partial charge in [-0.25, -0.2) is 0 Å². The predicted molar refractivity (Wildman–Crippen MR) is 108 cm³/mol. The van der Waals surface area contributed by atoms with Crippen molar-refractivity contribution in [1.29, 1.82) is 0 Å². The van der Waals surface area contributed by atoms with Crippen LogP contribution in [0.5, 0.6) is 5.75 Å². The molecule has 0 amide bonds. The van der Waals surface area contributed by atoms with E-state index in [1.807, 2.05) is 23.6 Å². The quantitative estimate of drug-likeness (QED) is 0.726. The molecule has 5 nitrogen and oxygen atoms in total. The molecule has 1 fully saturated rings. The molecule has 1 aromatic carbocycles. The maximum atomic E-state index is 10.7. The highest BCUT2D eigenvalue weighted by atomic mass is 32.1. The number of fused-ring (bicyclic) bond motifs is 1. The molecule has 4 rings (SSSR count). The van der Waals surface area contributed by atoms with E-state index >= 15 is 0 Å². The molecular weight excluding hydrogens is 344 g/mol. The number of aromatic nitrogens is 2. The molecule has 0 spiro atoms. The average Bonchev–Trinajstić information content (AvgIpc) is 3.10. The second kappa shape index (κ2) is 6.85. The van der Waals surface area contributed by atoms with Crippen molar-refractivity contribution < 1.29 is 5.11 Å². The van der Waals surface area contributed by atoms with E-state index < -0.39 is 0 Å². The van der Waals surface area contributed by atoms with Gasteiger partial charge < -0.3 is 15.3 Å². The topological polar surface area (TPSA) is 61.3 Å². The summed E-state index contributed by atoms with van der Waals surface area (Å²) in [4.78, 5) is 2.35. The number of rotatable bonds is 3. The Kier molecular flexibility index (Phi) is 4.54. The molecule has 0 radical (unpaired) electrons. The monoisotopic (exact) mass is 368 g/mol. The number of aromatic hydroxyl groups is 1. The smallest absolute Gasteiger partial charge is 0.152 e. The third-order valence-electron chi connectivity index (χ3n) is 5.35. The van der Waals surface area contributed by atoms with Crippen molar-refractivity contribution in [3.63, 3.8) is 0 Å². The number of piperidine rings is 1. The molecular formula is C20H24N4OS. The van der Waals surface area contributed by atoms with Crippen molar-refractivity contribution >= 4 is 27.2 Å². The van der Waals surface area contributed by atoms with E-state index in [9.17, 15) is 5.11 Å². The minimum atomic E-state index is 0.287. The van der Waals surface area contributed by atoms with Crippen LogP contribution in [0.3, 0.4) is 0 Å². The van der Waals surface area contributed by atoms with Crippen LogP contribution in [0.4, 0.5) is 5.82 Å². The minimum absolute atomic E-state index is 0.287. The Morgan fingerprint density at radius 3 is 2.85 bits per heavy atom. The zero-order valence-corrected chi connectivity index (χ0v) is 16.2. The molecule has 1 atom stereocenters. The van der Waals surface area contributed by atoms with E-state index in [4.69, 9.17) is 0 Å². The summed E-state index contributed by atoms with van der Waals surface area (Å²) in [6, 6.07) is 6.33. The highest BCUT2D eigenvalue weighted by Crippen LogP contribution is 2.39. The molecule has 26 heavy (non-hydrogen) atoms. The maximum Gasteiger partial charge on any atom is 0.152 e. The molecule has 136 valence electrons. The largest absolute Gasteiger partial charge is 0.507 e. The van der Waals surface area contributed by atoms with Crippen molar-refractivity contribution in [1.82, 2.24) is 15.1 Å². The van der Waals surface area contributed by atoms with Crippen molar-refractivity contribution in [3.05, 3.63) is 34.7 Å². The molecule has 0 bridgehead atoms. The first-order valence-electron chi connectivity index (χ1n) is 9.03. The number of nitrogens with zero attached hydrogens (tertiary/aromatic N) is 3. The number of likely N-dealkylation sites (N-methyl/N-ethyl adjacent to an activating group) is 1. The molecule has 1 aliphatic heterocycles. The maximum absolute atomic E-state index is 10.7. The minimum Gasteiger partial charge on any atom is -0.507 e. The fourth-order valence-corrected chi connectivity index (χ4v) is 4.48. The highest BCUT2D eigenvalue weighted by molar-refractivity contribution is 7.17. The van der Waals surface area contributed by atoms with E-state index in [-0.39, 0.29) is 5.75 Å². The van der Waals surface area contributed by atoms with Crippen molar-refractivity contribution in [2.24, 2.45) is 0 Å². The molecule has 3 aromatic rings. The van der Waals surface area contributed by atoms with Crippen molar-refractivity contribution in [3.8, 4) is 17.0 Å². The van der Waals surface area contributed by atoms with Crippen LogP contribution < -0.4 is 5.32 Å². The molecule has 0 saturated carbocycles. The Balaban J connectivity index is 1.68. The van der Waals surface area contributed by atoms with Gasteiger partial charge in [-0.1, -0.05) is 0 Å².